The Morgan fingerprint density at radius 3 is 1.97 bits per heavy atom. The number of ketones is 1. The van der Waals surface area contributed by atoms with E-state index in [0.717, 1.165) is 16.7 Å². The highest BCUT2D eigenvalue weighted by atomic mass is 32.5. The van der Waals surface area contributed by atoms with Crippen LogP contribution in [0.25, 0.3) is 22.3 Å². The highest BCUT2D eigenvalue weighted by Crippen LogP contribution is 2.51. The molecule has 10 rings (SSSR count). The van der Waals surface area contributed by atoms with Crippen molar-refractivity contribution in [2.75, 3.05) is 25.1 Å². The first-order valence-electron chi connectivity index (χ1n) is 28.7. The van der Waals surface area contributed by atoms with Crippen LogP contribution >= 0.6 is 14.2 Å². The van der Waals surface area contributed by atoms with E-state index in [1.807, 2.05) is 60.7 Å². The van der Waals surface area contributed by atoms with Crippen LogP contribution in [0.1, 0.15) is 93.3 Å². The molecule has 454 valence electrons. The van der Waals surface area contributed by atoms with E-state index in [4.69, 9.17) is 61.1 Å². The van der Waals surface area contributed by atoms with Gasteiger partial charge in [0.25, 0.3) is 18.1 Å². The lowest BCUT2D eigenvalue weighted by Gasteiger charge is -2.42. The fraction of sp³-hybridized carbons (Fsp3) is 0.393. The lowest BCUT2D eigenvalue weighted by molar-refractivity contribution is -0.121. The molecule has 2 aliphatic heterocycles. The van der Waals surface area contributed by atoms with Crippen LogP contribution in [0, 0.1) is 23.2 Å². The zero-order valence-corrected chi connectivity index (χ0v) is 53.9. The minimum atomic E-state index is -3.80. The van der Waals surface area contributed by atoms with E-state index < -0.39 is 74.8 Å². The number of nitriles is 1. The predicted molar refractivity (Wildman–Crippen MR) is 340 cm³/mol. The number of imidazole rings is 2. The Hall–Kier alpha value is -6.52. The van der Waals surface area contributed by atoms with E-state index in [9.17, 15) is 19.6 Å². The van der Waals surface area contributed by atoms with Gasteiger partial charge < -0.3 is 37.8 Å². The van der Waals surface area contributed by atoms with E-state index in [-0.39, 0.29) is 85.7 Å². The summed E-state index contributed by atoms with van der Waals surface area (Å²) in [5, 5.41) is 20.4. The summed E-state index contributed by atoms with van der Waals surface area (Å²) >= 11 is 11.9. The highest BCUT2D eigenvalue weighted by molar-refractivity contribution is 8.09. The SMILES string of the molecule is CC(C)C(=O)Cc1nc2c(ncn2[C@@H]2O[C@H](COP(=S)(N[C@H]3[C@@H](O[Si](C)(C)C(C)(C)C)[C@H](n4cnc5c(NC(=O)c6ccccc6)ncnc54)O[C@@H]3COP=S)OCCC#N)C(NC(c3ccccc3)(c3ccccc3)c3ccccc3)[C@H]2C)c(=O)[nH]1. The first-order chi connectivity index (χ1) is 41.8. The van der Waals surface area contributed by atoms with Crippen LogP contribution in [-0.4, -0.2) is 109 Å². The standard InChI is InChI=1S/C61H70N12O9P2S2Si/c1-38(2)44(74)32-47-67-55-51(57(76)68-47)66-37-73(55)58-39(3)48(70-61(41-24-15-10-16-25-41,42-26-17-11-18-27-42)43-28-19-12-20-29-43)46(80-58)34-79-84(86,78-31-21-30-62)71-49-45(33-77-83-85)81-59(52(49)82-87(7,8)60(4,5)6)72-36-65-50-53(63-35-64-54(50)72)69-56(75)40-22-13-9-14-23-40/h9-20,22-29,35-39,45-46,48-49,52,58-59,70H,21,31-34H2,1-8H3,(H,71,86)(H,67,68,76)(H,63,64,69,75)/t39-,45-,46-,48?,49-,52-,58-,59-,84?/m1/s1. The molecule has 0 saturated carbocycles. The first kappa shape index (κ1) is 63.5. The predicted octanol–water partition coefficient (Wildman–Crippen LogP) is 10.2. The van der Waals surface area contributed by atoms with Gasteiger partial charge in [-0.15, -0.1) is 0 Å². The molecule has 2 aliphatic rings. The largest absolute Gasteiger partial charge is 0.408 e. The summed E-state index contributed by atoms with van der Waals surface area (Å²) in [6.45, 7) is 12.3. The van der Waals surface area contributed by atoms with Gasteiger partial charge in [-0.2, -0.15) is 5.26 Å². The van der Waals surface area contributed by atoms with Crippen molar-refractivity contribution in [2.24, 2.45) is 11.8 Å². The zero-order valence-electron chi connectivity index (χ0n) is 49.5. The minimum Gasteiger partial charge on any atom is -0.408 e. The first-order valence-corrected chi connectivity index (χ1v) is 36.1. The van der Waals surface area contributed by atoms with Crippen LogP contribution in [0.15, 0.2) is 145 Å². The third-order valence-corrected chi connectivity index (χ3v) is 24.1. The zero-order chi connectivity index (χ0) is 61.7. The number of hydrogen-bond acceptors (Lipinski definition) is 18. The summed E-state index contributed by atoms with van der Waals surface area (Å²) in [6, 6.07) is 40.1. The van der Waals surface area contributed by atoms with Gasteiger partial charge in [0.15, 0.2) is 42.7 Å². The number of anilines is 1. The summed E-state index contributed by atoms with van der Waals surface area (Å²) in [7, 11) is -2.52. The molecule has 4 N–H and O–H groups in total. The molecule has 2 fully saturated rings. The van der Waals surface area contributed by atoms with Crippen molar-refractivity contribution in [3.8, 4) is 6.07 Å². The van der Waals surface area contributed by atoms with Crippen molar-refractivity contribution in [3.63, 3.8) is 0 Å². The average molecular weight is 1270 g/mol. The van der Waals surface area contributed by atoms with Crippen molar-refractivity contribution in [1.29, 1.82) is 5.26 Å². The monoisotopic (exact) mass is 1270 g/mol. The van der Waals surface area contributed by atoms with Crippen LogP contribution in [0.2, 0.25) is 18.1 Å². The maximum atomic E-state index is 13.7. The van der Waals surface area contributed by atoms with Gasteiger partial charge in [-0.1, -0.05) is 151 Å². The molecule has 9 atom stereocenters. The van der Waals surface area contributed by atoms with Gasteiger partial charge in [-0.3, -0.25) is 28.8 Å². The molecule has 1 amide bonds. The van der Waals surface area contributed by atoms with Gasteiger partial charge >= 0.3 is 0 Å². The summed E-state index contributed by atoms with van der Waals surface area (Å²) in [5.74, 6) is -0.766. The number of nitrogens with zero attached hydrogens (tertiary/aromatic N) is 8. The number of hydrogen-bond donors (Lipinski definition) is 4. The van der Waals surface area contributed by atoms with Gasteiger partial charge in [0.05, 0.1) is 69.1 Å². The Morgan fingerprint density at radius 2 is 1.38 bits per heavy atom. The maximum Gasteiger partial charge on any atom is 0.279 e. The number of Topliss-reactive ketones (excluding diaryl/α,β-unsaturated/α-hetero) is 1. The molecule has 6 heterocycles. The second-order valence-electron chi connectivity index (χ2n) is 23.4. The van der Waals surface area contributed by atoms with E-state index in [1.165, 1.54) is 6.33 Å². The molecule has 8 aromatic rings. The van der Waals surface area contributed by atoms with Crippen molar-refractivity contribution >= 4 is 86.0 Å². The quantitative estimate of drug-likeness (QED) is 0.0180. The summed E-state index contributed by atoms with van der Waals surface area (Å²) in [5.41, 5.74) is 2.79. The normalized spacial score (nSPS) is 21.6. The number of H-pyrrole nitrogens is 1. The third kappa shape index (κ3) is 13.6. The van der Waals surface area contributed by atoms with Crippen molar-refractivity contribution in [1.82, 2.24) is 49.4 Å². The highest BCUT2D eigenvalue weighted by Gasteiger charge is 2.54. The number of nitrogens with one attached hydrogen (secondary N) is 4. The summed E-state index contributed by atoms with van der Waals surface area (Å²) in [6.07, 6.45) is 0.143. The van der Waals surface area contributed by atoms with Crippen LogP contribution < -0.4 is 21.3 Å². The second kappa shape index (κ2) is 27.1. The van der Waals surface area contributed by atoms with Gasteiger partial charge in [0.1, 0.15) is 44.0 Å². The number of fused-ring (bicyclic) bond motifs is 2. The molecule has 26 heteroatoms. The Morgan fingerprint density at radius 1 is 0.805 bits per heavy atom. The Balaban J connectivity index is 1.06. The van der Waals surface area contributed by atoms with Crippen LogP contribution in [0.5, 0.6) is 0 Å². The molecular formula is C61H70N12O9P2S2Si. The number of benzene rings is 4. The molecule has 0 spiro atoms. The number of ether oxygens (including phenoxy) is 2. The van der Waals surface area contributed by atoms with Crippen molar-refractivity contribution in [2.45, 2.75) is 121 Å². The topological polar surface area (TPSA) is 257 Å². The van der Waals surface area contributed by atoms with Crippen LogP contribution in [0.3, 0.4) is 0 Å². The molecule has 2 saturated heterocycles. The van der Waals surface area contributed by atoms with Crippen molar-refractivity contribution in [3.05, 3.63) is 179 Å². The average Bonchev–Trinajstić information content (AvgIpc) is 1.93. The molecule has 0 radical (unpaired) electrons. The smallest absolute Gasteiger partial charge is 0.279 e. The Labute approximate surface area is 517 Å². The summed E-state index contributed by atoms with van der Waals surface area (Å²) in [4.78, 5) is 66.3. The molecule has 0 aliphatic carbocycles. The van der Waals surface area contributed by atoms with Gasteiger partial charge in [-0.05, 0) is 70.6 Å². The molecule has 4 aromatic carbocycles. The van der Waals surface area contributed by atoms with Crippen molar-refractivity contribution < 1.29 is 37.1 Å². The molecular weight excluding hydrogens is 1200 g/mol. The molecule has 2 unspecified atom stereocenters. The van der Waals surface area contributed by atoms with Gasteiger partial charge in [-0.25, -0.2) is 30.0 Å². The molecule has 0 bridgehead atoms. The van der Waals surface area contributed by atoms with E-state index in [0.29, 0.717) is 16.7 Å². The van der Waals surface area contributed by atoms with Crippen LogP contribution in [-0.2, 0) is 67.8 Å². The molecule has 4 aromatic heterocycles. The number of rotatable bonds is 25. The Bertz CT molecular complexity index is 3780. The van der Waals surface area contributed by atoms with E-state index >= 15 is 0 Å². The minimum absolute atomic E-state index is 0.00927. The van der Waals surface area contributed by atoms with Crippen LogP contribution in [0.4, 0.5) is 5.82 Å². The number of amides is 1. The maximum absolute atomic E-state index is 13.7. The number of carbonyl (C=O) groups is 2. The fourth-order valence-corrected chi connectivity index (χ4v) is 14.9. The molecule has 21 nitrogen and oxygen atoms in total. The molecule has 87 heavy (non-hydrogen) atoms. The second-order valence-corrected chi connectivity index (χ2v) is 32.2. The number of aromatic amines is 1. The lowest BCUT2D eigenvalue weighted by Crippen LogP contribution is -2.55. The number of carbonyl (C=O) groups excluding carboxylic acids is 2. The van der Waals surface area contributed by atoms with E-state index in [2.05, 4.69) is 119 Å². The van der Waals surface area contributed by atoms with Gasteiger partial charge in [0, 0.05) is 23.4 Å². The summed E-state index contributed by atoms with van der Waals surface area (Å²) < 4.78 is 45.0. The Kier molecular flexibility index (Phi) is 19.8. The van der Waals surface area contributed by atoms with E-state index in [1.54, 1.807) is 59.9 Å². The third-order valence-electron chi connectivity index (χ3n) is 16.4. The fourth-order valence-electron chi connectivity index (χ4n) is 10.8. The number of aromatic nitrogens is 8. The lowest BCUT2D eigenvalue weighted by atomic mass is 9.75. The van der Waals surface area contributed by atoms with Gasteiger partial charge in [0.2, 0.25) is 0 Å².